The summed E-state index contributed by atoms with van der Waals surface area (Å²) in [5.74, 6) is -1.30. The molecular weight excluding hydrogens is 969 g/mol. The minimum atomic E-state index is -4.50. The van der Waals surface area contributed by atoms with E-state index in [1.807, 2.05) is 18.2 Å². The normalized spacial score (nSPS) is 18.9. The van der Waals surface area contributed by atoms with Gasteiger partial charge in [-0.3, -0.25) is 19.4 Å². The Balaban J connectivity index is 0.000000184. The number of aromatic amines is 2. The Morgan fingerprint density at radius 1 is 0.560 bits per heavy atom. The number of likely N-dealkylation sites (tertiary alicyclic amines) is 4. The molecule has 0 radical (unpaired) electrons. The molecule has 2 aromatic heterocycles. The molecule has 4 aromatic carbocycles. The summed E-state index contributed by atoms with van der Waals surface area (Å²) in [6.45, 7) is 7.61. The van der Waals surface area contributed by atoms with Gasteiger partial charge in [0.2, 0.25) is 0 Å². The number of hydrogen-bond donors (Lipinski definition) is 6. The van der Waals surface area contributed by atoms with Crippen LogP contribution in [0.1, 0.15) is 91.0 Å². The SMILES string of the molecule is Cc1ccc(NC(=O)N2CCC(C(C(=O)O)N3CCC(c4c[nH]c5ccccc45)CC3)CC2)cc1C(F)(F)F.Cc1ccc(NC(=O)N2CCC(C(C(=O)O)N3CCC(c4c[nH]c5ccccc45)CC3)CC2)cc1F. The summed E-state index contributed by atoms with van der Waals surface area (Å²) in [6.07, 6.45) is 5.60. The number of aromatic nitrogens is 2. The number of hydrogen-bond acceptors (Lipinski definition) is 6. The van der Waals surface area contributed by atoms with Crippen molar-refractivity contribution in [1.29, 1.82) is 0 Å². The van der Waals surface area contributed by atoms with Crippen LogP contribution in [0.4, 0.5) is 38.5 Å². The lowest BCUT2D eigenvalue weighted by Gasteiger charge is -2.41. The maximum absolute atomic E-state index is 13.8. The van der Waals surface area contributed by atoms with Crippen molar-refractivity contribution in [1.82, 2.24) is 29.6 Å². The number of carboxylic acids is 2. The van der Waals surface area contributed by atoms with Crippen LogP contribution in [-0.2, 0) is 15.8 Å². The largest absolute Gasteiger partial charge is 0.480 e. The molecule has 75 heavy (non-hydrogen) atoms. The Kier molecular flexibility index (Phi) is 16.2. The maximum atomic E-state index is 13.8. The van der Waals surface area contributed by atoms with Gasteiger partial charge in [-0.05, 0) is 174 Å². The molecule has 14 nitrogen and oxygen atoms in total. The molecule has 4 saturated heterocycles. The second kappa shape index (κ2) is 22.9. The number of piperidine rings is 4. The number of nitrogens with zero attached hydrogens (tertiary/aromatic N) is 4. The van der Waals surface area contributed by atoms with E-state index in [0.29, 0.717) is 88.0 Å². The lowest BCUT2D eigenvalue weighted by molar-refractivity contribution is -0.147. The van der Waals surface area contributed by atoms with Gasteiger partial charge < -0.3 is 40.6 Å². The number of anilines is 2. The van der Waals surface area contributed by atoms with Crippen LogP contribution in [-0.4, -0.2) is 128 Å². The van der Waals surface area contributed by atoms with Gasteiger partial charge in [0.15, 0.2) is 0 Å². The number of carbonyl (C=O) groups is 4. The van der Waals surface area contributed by atoms with E-state index in [4.69, 9.17) is 0 Å². The Bertz CT molecular complexity index is 2980. The second-order valence-electron chi connectivity index (χ2n) is 20.8. The average molecular weight is 1040 g/mol. The van der Waals surface area contributed by atoms with E-state index in [1.165, 1.54) is 47.0 Å². The minimum absolute atomic E-state index is 0.00647. The molecule has 0 aliphatic carbocycles. The zero-order valence-corrected chi connectivity index (χ0v) is 42.3. The lowest BCUT2D eigenvalue weighted by atomic mass is 9.84. The number of nitrogens with one attached hydrogen (secondary N) is 4. The number of para-hydroxylation sites is 2. The lowest BCUT2D eigenvalue weighted by Crippen LogP contribution is -2.52. The quantitative estimate of drug-likeness (QED) is 0.0734. The molecule has 0 spiro atoms. The predicted molar refractivity (Wildman–Crippen MR) is 280 cm³/mol. The van der Waals surface area contributed by atoms with E-state index in [0.717, 1.165) is 55.9 Å². The number of halogens is 4. The third kappa shape index (κ3) is 12.1. The van der Waals surface area contributed by atoms with Crippen molar-refractivity contribution in [3.05, 3.63) is 131 Å². The van der Waals surface area contributed by atoms with Crippen molar-refractivity contribution < 1.29 is 47.0 Å². The number of amides is 4. The first kappa shape index (κ1) is 52.9. The highest BCUT2D eigenvalue weighted by Gasteiger charge is 2.41. The summed E-state index contributed by atoms with van der Waals surface area (Å²) in [6, 6.07) is 23.0. The summed E-state index contributed by atoms with van der Waals surface area (Å²) < 4.78 is 53.5. The van der Waals surface area contributed by atoms with Gasteiger partial charge in [0.25, 0.3) is 0 Å². The van der Waals surface area contributed by atoms with Gasteiger partial charge in [-0.2, -0.15) is 13.2 Å². The summed E-state index contributed by atoms with van der Waals surface area (Å²) >= 11 is 0. The van der Waals surface area contributed by atoms with Gasteiger partial charge in [-0.25, -0.2) is 14.0 Å². The number of fused-ring (bicyclic) bond motifs is 2. The van der Waals surface area contributed by atoms with E-state index in [2.05, 4.69) is 73.1 Å². The zero-order valence-electron chi connectivity index (χ0n) is 42.3. The Morgan fingerprint density at radius 2 is 0.960 bits per heavy atom. The molecule has 4 amide bonds. The van der Waals surface area contributed by atoms with Gasteiger partial charge in [-0.15, -0.1) is 0 Å². The maximum Gasteiger partial charge on any atom is 0.416 e. The van der Waals surface area contributed by atoms with Gasteiger partial charge in [-0.1, -0.05) is 48.5 Å². The molecule has 2 atom stereocenters. The first-order valence-electron chi connectivity index (χ1n) is 26.1. The molecule has 6 N–H and O–H groups in total. The van der Waals surface area contributed by atoms with Crippen LogP contribution in [0.5, 0.6) is 0 Å². The molecule has 6 aromatic rings. The van der Waals surface area contributed by atoms with Crippen LogP contribution in [0.25, 0.3) is 21.8 Å². The van der Waals surface area contributed by atoms with Crippen LogP contribution >= 0.6 is 0 Å². The Hall–Kier alpha value is -6.92. The Morgan fingerprint density at radius 3 is 1.36 bits per heavy atom. The van der Waals surface area contributed by atoms with Crippen LogP contribution in [0.3, 0.4) is 0 Å². The standard InChI is InChI=1S/C29H33F3N4O3.C28H33FN4O3/c1-18-6-7-21(16-24(18)29(30,31)32)34-28(39)36-14-10-20(11-15-36)26(27(37)38)35-12-8-19(9-13-35)23-17-33-25-5-3-2-4-22(23)25;1-18-6-7-21(16-24(18)29)31-28(36)33-14-10-20(11-15-33)26(27(34)35)32-12-8-19(9-13-32)23-17-30-25-5-3-2-4-22(23)25/h2-7,16-17,19-20,26,33H,8-15H2,1H3,(H,34,39)(H,37,38);2-7,16-17,19-20,26,30H,8-15H2,1H3,(H,31,36)(H,34,35). The van der Waals surface area contributed by atoms with Crippen molar-refractivity contribution in [3.8, 4) is 0 Å². The topological polar surface area (TPSA) is 177 Å². The van der Waals surface area contributed by atoms with Crippen molar-refractivity contribution >= 4 is 57.2 Å². The third-order valence-corrected chi connectivity index (χ3v) is 16.2. The fraction of sp³-hybridized carbons (Fsp3) is 0.439. The number of aliphatic carboxylic acids is 2. The molecule has 398 valence electrons. The number of H-pyrrole nitrogens is 2. The zero-order chi connectivity index (χ0) is 53.0. The highest BCUT2D eigenvalue weighted by atomic mass is 19.4. The van der Waals surface area contributed by atoms with E-state index >= 15 is 0 Å². The molecule has 2 unspecified atom stereocenters. The van der Waals surface area contributed by atoms with Gasteiger partial charge in [0.05, 0.1) is 5.56 Å². The van der Waals surface area contributed by atoms with Gasteiger partial charge in [0, 0.05) is 71.8 Å². The summed E-state index contributed by atoms with van der Waals surface area (Å²) in [7, 11) is 0. The summed E-state index contributed by atoms with van der Waals surface area (Å²) in [5, 5.41) is 28.0. The van der Waals surface area contributed by atoms with E-state index in [9.17, 15) is 47.0 Å². The molecule has 4 fully saturated rings. The number of alkyl halides is 3. The number of urea groups is 2. The molecular formula is C57H66F4N8O6. The van der Waals surface area contributed by atoms with Gasteiger partial charge >= 0.3 is 30.2 Å². The van der Waals surface area contributed by atoms with Crippen molar-refractivity contribution in [2.45, 2.75) is 95.3 Å². The number of benzene rings is 4. The monoisotopic (exact) mass is 1030 g/mol. The van der Waals surface area contributed by atoms with Crippen LogP contribution in [0.2, 0.25) is 0 Å². The highest BCUT2D eigenvalue weighted by Crippen LogP contribution is 2.38. The molecule has 0 saturated carbocycles. The minimum Gasteiger partial charge on any atom is -0.480 e. The fourth-order valence-electron chi connectivity index (χ4n) is 12.1. The van der Waals surface area contributed by atoms with Crippen molar-refractivity contribution in [2.24, 2.45) is 11.8 Å². The molecule has 18 heteroatoms. The molecule has 6 heterocycles. The molecule has 10 rings (SSSR count). The molecule has 4 aliphatic heterocycles. The first-order valence-corrected chi connectivity index (χ1v) is 26.1. The number of carboxylic acid groups (broad SMARTS) is 2. The smallest absolute Gasteiger partial charge is 0.416 e. The van der Waals surface area contributed by atoms with E-state index < -0.39 is 41.8 Å². The Labute approximate surface area is 433 Å². The number of aryl methyl sites for hydroxylation is 2. The first-order chi connectivity index (χ1) is 36.0. The van der Waals surface area contributed by atoms with Gasteiger partial charge in [0.1, 0.15) is 17.9 Å². The average Bonchev–Trinajstić information content (AvgIpc) is 4.05. The fourth-order valence-corrected chi connectivity index (χ4v) is 12.1. The van der Waals surface area contributed by atoms with Crippen molar-refractivity contribution in [2.75, 3.05) is 63.0 Å². The van der Waals surface area contributed by atoms with Crippen LogP contribution in [0.15, 0.2) is 97.3 Å². The predicted octanol–water partition coefficient (Wildman–Crippen LogP) is 11.3. The summed E-state index contributed by atoms with van der Waals surface area (Å²) in [5.41, 5.74) is 5.20. The summed E-state index contributed by atoms with van der Waals surface area (Å²) in [4.78, 5) is 64.3. The van der Waals surface area contributed by atoms with E-state index in [-0.39, 0.29) is 34.9 Å². The van der Waals surface area contributed by atoms with Crippen molar-refractivity contribution in [3.63, 3.8) is 0 Å². The number of rotatable bonds is 10. The molecule has 0 bridgehead atoms. The highest BCUT2D eigenvalue weighted by molar-refractivity contribution is 5.90. The van der Waals surface area contributed by atoms with Crippen LogP contribution in [0, 0.1) is 31.5 Å². The van der Waals surface area contributed by atoms with Crippen LogP contribution < -0.4 is 10.6 Å². The third-order valence-electron chi connectivity index (χ3n) is 16.2. The molecule has 4 aliphatic rings. The van der Waals surface area contributed by atoms with E-state index in [1.54, 1.807) is 28.9 Å². The number of carbonyl (C=O) groups excluding carboxylic acids is 2. The second-order valence-corrected chi connectivity index (χ2v) is 20.8.